The van der Waals surface area contributed by atoms with Gasteiger partial charge < -0.3 is 15.5 Å². The first-order valence-corrected chi connectivity index (χ1v) is 6.55. The maximum absolute atomic E-state index is 11.1. The zero-order chi connectivity index (χ0) is 14.7. The molecule has 2 unspecified atom stereocenters. The Balaban J connectivity index is 2.42. The van der Waals surface area contributed by atoms with Crippen LogP contribution in [0.2, 0.25) is 0 Å². The van der Waals surface area contributed by atoms with E-state index < -0.39 is 12.1 Å². The average Bonchev–Trinajstić information content (AvgIpc) is 2.37. The molecule has 0 amide bonds. The fourth-order valence-electron chi connectivity index (χ4n) is 2.22. The predicted molar refractivity (Wildman–Crippen MR) is 78.1 cm³/mol. The number of pyridine rings is 1. The van der Waals surface area contributed by atoms with Crippen molar-refractivity contribution in [3.05, 3.63) is 36.0 Å². The van der Waals surface area contributed by atoms with Gasteiger partial charge in [0.15, 0.2) is 5.69 Å². The molecule has 0 radical (unpaired) electrons. The van der Waals surface area contributed by atoms with Crippen LogP contribution >= 0.6 is 0 Å². The van der Waals surface area contributed by atoms with E-state index in [2.05, 4.69) is 10.3 Å². The van der Waals surface area contributed by atoms with E-state index >= 15 is 0 Å². The van der Waals surface area contributed by atoms with Gasteiger partial charge in [-0.25, -0.2) is 9.78 Å². The van der Waals surface area contributed by atoms with Crippen molar-refractivity contribution >= 4 is 22.6 Å². The third-order valence-electron chi connectivity index (χ3n) is 3.04. The number of fused-ring (bicyclic) bond motifs is 1. The molecular weight excluding hydrogens is 256 g/mol. The van der Waals surface area contributed by atoms with Gasteiger partial charge in [-0.3, -0.25) is 0 Å². The van der Waals surface area contributed by atoms with Crippen molar-refractivity contribution in [2.75, 3.05) is 5.32 Å². The molecule has 1 aromatic carbocycles. The van der Waals surface area contributed by atoms with E-state index in [1.54, 1.807) is 13.0 Å². The minimum Gasteiger partial charge on any atom is -0.477 e. The number of carboxylic acid groups (broad SMARTS) is 1. The van der Waals surface area contributed by atoms with Crippen molar-refractivity contribution in [1.82, 2.24) is 4.98 Å². The minimum absolute atomic E-state index is 0.00467. The van der Waals surface area contributed by atoms with Gasteiger partial charge in [0.1, 0.15) is 5.82 Å². The SMILES string of the molecule is CC(O)CC(C)Nc1nc(C(=O)O)cc2ccccc12. The highest BCUT2D eigenvalue weighted by Gasteiger charge is 2.13. The fourth-order valence-corrected chi connectivity index (χ4v) is 2.22. The summed E-state index contributed by atoms with van der Waals surface area (Å²) < 4.78 is 0. The van der Waals surface area contributed by atoms with Crippen molar-refractivity contribution in [1.29, 1.82) is 0 Å². The average molecular weight is 274 g/mol. The molecule has 0 spiro atoms. The quantitative estimate of drug-likeness (QED) is 0.780. The maximum atomic E-state index is 11.1. The van der Waals surface area contributed by atoms with Gasteiger partial charge in [-0.1, -0.05) is 24.3 Å². The Labute approximate surface area is 117 Å². The molecule has 0 fully saturated rings. The Bertz CT molecular complexity index is 626. The van der Waals surface area contributed by atoms with E-state index in [1.165, 1.54) is 0 Å². The van der Waals surface area contributed by atoms with Crippen LogP contribution in [0.1, 0.15) is 30.8 Å². The monoisotopic (exact) mass is 274 g/mol. The van der Waals surface area contributed by atoms with Gasteiger partial charge >= 0.3 is 5.97 Å². The Morgan fingerprint density at radius 2 is 2.05 bits per heavy atom. The third kappa shape index (κ3) is 3.24. The first-order valence-electron chi connectivity index (χ1n) is 6.55. The number of rotatable bonds is 5. The number of aromatic carboxylic acids is 1. The van der Waals surface area contributed by atoms with Crippen LogP contribution in [0.5, 0.6) is 0 Å². The summed E-state index contributed by atoms with van der Waals surface area (Å²) in [4.78, 5) is 15.3. The zero-order valence-corrected chi connectivity index (χ0v) is 11.5. The van der Waals surface area contributed by atoms with Crippen molar-refractivity contribution in [3.8, 4) is 0 Å². The van der Waals surface area contributed by atoms with Crippen molar-refractivity contribution in [2.24, 2.45) is 0 Å². The molecule has 2 aromatic rings. The standard InChI is InChI=1S/C15H18N2O3/c1-9(7-10(2)18)16-14-12-6-4-3-5-11(12)8-13(17-14)15(19)20/h3-6,8-10,18H,7H2,1-2H3,(H,16,17)(H,19,20). The lowest BCUT2D eigenvalue weighted by atomic mass is 10.1. The largest absolute Gasteiger partial charge is 0.477 e. The van der Waals surface area contributed by atoms with Crippen molar-refractivity contribution in [2.45, 2.75) is 32.4 Å². The number of anilines is 1. The first-order chi connectivity index (χ1) is 9.47. The molecule has 0 saturated heterocycles. The molecule has 0 aliphatic rings. The smallest absolute Gasteiger partial charge is 0.354 e. The predicted octanol–water partition coefficient (Wildman–Crippen LogP) is 2.50. The molecule has 2 rings (SSSR count). The molecule has 3 N–H and O–H groups in total. The van der Waals surface area contributed by atoms with Gasteiger partial charge in [-0.15, -0.1) is 0 Å². The molecule has 5 nitrogen and oxygen atoms in total. The van der Waals surface area contributed by atoms with Crippen LogP contribution in [0.15, 0.2) is 30.3 Å². The Kier molecular flexibility index (Phi) is 4.20. The lowest BCUT2D eigenvalue weighted by Gasteiger charge is -2.17. The van der Waals surface area contributed by atoms with Crippen LogP contribution in [0.4, 0.5) is 5.82 Å². The first kappa shape index (κ1) is 14.3. The fraction of sp³-hybridized carbons (Fsp3) is 0.333. The van der Waals surface area contributed by atoms with Crippen LogP contribution < -0.4 is 5.32 Å². The Morgan fingerprint density at radius 3 is 2.70 bits per heavy atom. The second-order valence-corrected chi connectivity index (χ2v) is 5.01. The molecule has 20 heavy (non-hydrogen) atoms. The molecule has 2 atom stereocenters. The zero-order valence-electron chi connectivity index (χ0n) is 11.5. The summed E-state index contributed by atoms with van der Waals surface area (Å²) >= 11 is 0. The maximum Gasteiger partial charge on any atom is 0.354 e. The second kappa shape index (κ2) is 5.88. The molecular formula is C15H18N2O3. The van der Waals surface area contributed by atoms with Crippen LogP contribution in [0.25, 0.3) is 10.8 Å². The Hall–Kier alpha value is -2.14. The van der Waals surface area contributed by atoms with Gasteiger partial charge in [0, 0.05) is 11.4 Å². The molecule has 5 heteroatoms. The number of hydrogen-bond donors (Lipinski definition) is 3. The van der Waals surface area contributed by atoms with Crippen molar-refractivity contribution in [3.63, 3.8) is 0 Å². The molecule has 0 aliphatic heterocycles. The number of benzene rings is 1. The second-order valence-electron chi connectivity index (χ2n) is 5.01. The van der Waals surface area contributed by atoms with E-state index in [4.69, 9.17) is 5.11 Å². The Morgan fingerprint density at radius 1 is 1.35 bits per heavy atom. The summed E-state index contributed by atoms with van der Waals surface area (Å²) in [5.41, 5.74) is 0.00967. The molecule has 1 heterocycles. The topological polar surface area (TPSA) is 82.5 Å². The molecule has 1 aromatic heterocycles. The van der Waals surface area contributed by atoms with Gasteiger partial charge in [-0.05, 0) is 31.7 Å². The molecule has 0 aliphatic carbocycles. The number of carbonyl (C=O) groups is 1. The molecule has 0 bridgehead atoms. The molecule has 106 valence electrons. The van der Waals surface area contributed by atoms with Gasteiger partial charge in [0.2, 0.25) is 0 Å². The lowest BCUT2D eigenvalue weighted by molar-refractivity contribution is 0.0690. The summed E-state index contributed by atoms with van der Waals surface area (Å²) in [6.07, 6.45) is 0.138. The van der Waals surface area contributed by atoms with Crippen LogP contribution in [-0.4, -0.2) is 33.3 Å². The van der Waals surface area contributed by atoms with E-state index in [9.17, 15) is 9.90 Å². The molecule has 0 saturated carbocycles. The summed E-state index contributed by atoms with van der Waals surface area (Å²) in [6, 6.07) is 9.04. The van der Waals surface area contributed by atoms with Gasteiger partial charge in [-0.2, -0.15) is 0 Å². The number of aromatic nitrogens is 1. The third-order valence-corrected chi connectivity index (χ3v) is 3.04. The van der Waals surface area contributed by atoms with Crippen molar-refractivity contribution < 1.29 is 15.0 Å². The number of carboxylic acids is 1. The number of aliphatic hydroxyl groups excluding tert-OH is 1. The van der Waals surface area contributed by atoms with Gasteiger partial charge in [0.05, 0.1) is 6.10 Å². The highest BCUT2D eigenvalue weighted by molar-refractivity contribution is 5.97. The highest BCUT2D eigenvalue weighted by atomic mass is 16.4. The minimum atomic E-state index is -1.05. The number of nitrogens with zero attached hydrogens (tertiary/aromatic N) is 1. The van der Waals surface area contributed by atoms with E-state index in [-0.39, 0.29) is 11.7 Å². The summed E-state index contributed by atoms with van der Waals surface area (Å²) in [7, 11) is 0. The van der Waals surface area contributed by atoms with E-state index in [0.717, 1.165) is 10.8 Å². The van der Waals surface area contributed by atoms with E-state index in [0.29, 0.717) is 12.2 Å². The summed E-state index contributed by atoms with van der Waals surface area (Å²) in [6.45, 7) is 3.65. The van der Waals surface area contributed by atoms with Crippen LogP contribution in [-0.2, 0) is 0 Å². The van der Waals surface area contributed by atoms with Crippen LogP contribution in [0, 0.1) is 0 Å². The number of nitrogens with one attached hydrogen (secondary N) is 1. The van der Waals surface area contributed by atoms with Gasteiger partial charge in [0.25, 0.3) is 0 Å². The summed E-state index contributed by atoms with van der Waals surface area (Å²) in [5, 5.41) is 23.4. The highest BCUT2D eigenvalue weighted by Crippen LogP contribution is 2.23. The van der Waals surface area contributed by atoms with E-state index in [1.807, 2.05) is 31.2 Å². The lowest BCUT2D eigenvalue weighted by Crippen LogP contribution is -2.21. The number of hydrogen-bond acceptors (Lipinski definition) is 4. The van der Waals surface area contributed by atoms with Crippen LogP contribution in [0.3, 0.4) is 0 Å². The summed E-state index contributed by atoms with van der Waals surface area (Å²) in [5.74, 6) is -0.518. The number of aliphatic hydroxyl groups is 1. The normalized spacial score (nSPS) is 13.9.